The lowest BCUT2D eigenvalue weighted by Gasteiger charge is -2.50. The van der Waals surface area contributed by atoms with Gasteiger partial charge in [-0.05, 0) is 18.3 Å². The van der Waals surface area contributed by atoms with Crippen LogP contribution in [0.15, 0.2) is 12.2 Å². The molecule has 2 N–H and O–H groups in total. The molecule has 0 aromatic carbocycles. The first-order chi connectivity index (χ1) is 7.26. The summed E-state index contributed by atoms with van der Waals surface area (Å²) in [5, 5.41) is 0. The molecule has 2 nitrogen and oxygen atoms in total. The zero-order chi connectivity index (χ0) is 11.1. The minimum atomic E-state index is 0.653. The lowest BCUT2D eigenvalue weighted by molar-refractivity contribution is -0.00578. The third-order valence-electron chi connectivity index (χ3n) is 3.35. The van der Waals surface area contributed by atoms with Gasteiger partial charge in [0.15, 0.2) is 0 Å². The van der Waals surface area contributed by atoms with Crippen LogP contribution >= 0.6 is 0 Å². The second-order valence-corrected chi connectivity index (χ2v) is 4.88. The average molecular weight is 210 g/mol. The Bertz CT molecular complexity index is 185. The molecule has 0 saturated carbocycles. The lowest BCUT2D eigenvalue weighted by atomic mass is 9.73. The summed E-state index contributed by atoms with van der Waals surface area (Å²) in [5.74, 6) is 0. The average Bonchev–Trinajstić information content (AvgIpc) is 2.16. The van der Waals surface area contributed by atoms with Gasteiger partial charge in [-0.2, -0.15) is 0 Å². The maximum Gasteiger partial charge on any atom is 0.0164 e. The Kier molecular flexibility index (Phi) is 5.34. The fourth-order valence-electron chi connectivity index (χ4n) is 2.85. The maximum absolute atomic E-state index is 5.42. The largest absolute Gasteiger partial charge is 0.327 e. The van der Waals surface area contributed by atoms with E-state index in [0.717, 1.165) is 6.54 Å². The molecule has 0 aliphatic carbocycles. The van der Waals surface area contributed by atoms with Crippen LogP contribution in [-0.4, -0.2) is 31.1 Å². The summed E-state index contributed by atoms with van der Waals surface area (Å²) in [6, 6.07) is 0. The molecule has 1 aliphatic heterocycles. The molecule has 2 heteroatoms. The first-order valence-electron chi connectivity index (χ1n) is 6.34. The van der Waals surface area contributed by atoms with Gasteiger partial charge in [0, 0.05) is 26.2 Å². The van der Waals surface area contributed by atoms with Crippen LogP contribution in [0.3, 0.4) is 0 Å². The van der Waals surface area contributed by atoms with Gasteiger partial charge in [0.05, 0.1) is 0 Å². The van der Waals surface area contributed by atoms with Crippen molar-refractivity contribution in [1.82, 2.24) is 4.90 Å². The molecule has 1 fully saturated rings. The van der Waals surface area contributed by atoms with Crippen LogP contribution < -0.4 is 5.73 Å². The number of rotatable bonds is 7. The van der Waals surface area contributed by atoms with Gasteiger partial charge in [0.2, 0.25) is 0 Å². The summed E-state index contributed by atoms with van der Waals surface area (Å²) in [7, 11) is 0. The molecule has 0 aromatic heterocycles. The SMILES string of the molecule is CCCC1(CCC)CN(C/C=C/CN)C1. The van der Waals surface area contributed by atoms with Crippen LogP contribution in [0.4, 0.5) is 0 Å². The van der Waals surface area contributed by atoms with E-state index in [0.29, 0.717) is 12.0 Å². The van der Waals surface area contributed by atoms with E-state index in [-0.39, 0.29) is 0 Å². The number of hydrogen-bond acceptors (Lipinski definition) is 2. The van der Waals surface area contributed by atoms with Crippen molar-refractivity contribution in [3.63, 3.8) is 0 Å². The minimum absolute atomic E-state index is 0.653. The maximum atomic E-state index is 5.42. The molecule has 0 amide bonds. The van der Waals surface area contributed by atoms with Crippen LogP contribution in [0.1, 0.15) is 39.5 Å². The Morgan fingerprint density at radius 1 is 1.13 bits per heavy atom. The molecule has 15 heavy (non-hydrogen) atoms. The minimum Gasteiger partial charge on any atom is -0.327 e. The van der Waals surface area contributed by atoms with E-state index in [1.165, 1.54) is 38.8 Å². The zero-order valence-electron chi connectivity index (χ0n) is 10.3. The molecule has 0 atom stereocenters. The second-order valence-electron chi connectivity index (χ2n) is 4.88. The normalized spacial score (nSPS) is 20.7. The van der Waals surface area contributed by atoms with Crippen molar-refractivity contribution in [3.8, 4) is 0 Å². The standard InChI is InChI=1S/C13H26N2/c1-3-7-13(8-4-2)11-15(12-13)10-6-5-9-14/h5-6H,3-4,7-12,14H2,1-2H3/b6-5+. The molecule has 0 spiro atoms. The summed E-state index contributed by atoms with van der Waals surface area (Å²) in [6.07, 6.45) is 9.70. The van der Waals surface area contributed by atoms with Gasteiger partial charge in [-0.1, -0.05) is 38.8 Å². The van der Waals surface area contributed by atoms with Crippen molar-refractivity contribution in [2.24, 2.45) is 11.1 Å². The number of nitrogens with zero attached hydrogens (tertiary/aromatic N) is 1. The van der Waals surface area contributed by atoms with Gasteiger partial charge in [-0.15, -0.1) is 0 Å². The monoisotopic (exact) mass is 210 g/mol. The molecular weight excluding hydrogens is 184 g/mol. The van der Waals surface area contributed by atoms with Crippen LogP contribution in [0, 0.1) is 5.41 Å². The Morgan fingerprint density at radius 3 is 2.20 bits per heavy atom. The van der Waals surface area contributed by atoms with Crippen LogP contribution in [-0.2, 0) is 0 Å². The summed E-state index contributed by atoms with van der Waals surface area (Å²) >= 11 is 0. The third kappa shape index (κ3) is 3.62. The van der Waals surface area contributed by atoms with E-state index >= 15 is 0 Å². The third-order valence-corrected chi connectivity index (χ3v) is 3.35. The molecule has 0 bridgehead atoms. The molecule has 1 aliphatic rings. The van der Waals surface area contributed by atoms with E-state index in [2.05, 4.69) is 30.9 Å². The molecule has 0 aromatic rings. The fraction of sp³-hybridized carbons (Fsp3) is 0.846. The van der Waals surface area contributed by atoms with Crippen molar-refractivity contribution < 1.29 is 0 Å². The highest BCUT2D eigenvalue weighted by Crippen LogP contribution is 2.39. The number of hydrogen-bond donors (Lipinski definition) is 1. The summed E-state index contributed by atoms with van der Waals surface area (Å²) < 4.78 is 0. The Morgan fingerprint density at radius 2 is 1.73 bits per heavy atom. The van der Waals surface area contributed by atoms with Crippen molar-refractivity contribution in [2.45, 2.75) is 39.5 Å². The highest BCUT2D eigenvalue weighted by atomic mass is 15.2. The smallest absolute Gasteiger partial charge is 0.0164 e. The summed E-state index contributed by atoms with van der Waals surface area (Å²) in [4.78, 5) is 2.53. The van der Waals surface area contributed by atoms with E-state index in [1.807, 2.05) is 0 Å². The molecule has 1 heterocycles. The van der Waals surface area contributed by atoms with E-state index in [9.17, 15) is 0 Å². The van der Waals surface area contributed by atoms with Crippen LogP contribution in [0.25, 0.3) is 0 Å². The van der Waals surface area contributed by atoms with Crippen molar-refractivity contribution in [2.75, 3.05) is 26.2 Å². The molecule has 0 unspecified atom stereocenters. The second kappa shape index (κ2) is 6.29. The van der Waals surface area contributed by atoms with Crippen LogP contribution in [0.2, 0.25) is 0 Å². The molecule has 1 rings (SSSR count). The molecule has 88 valence electrons. The lowest BCUT2D eigenvalue weighted by Crippen LogP contribution is -2.55. The van der Waals surface area contributed by atoms with E-state index < -0.39 is 0 Å². The van der Waals surface area contributed by atoms with E-state index in [1.54, 1.807) is 0 Å². The predicted octanol–water partition coefficient (Wildman–Crippen LogP) is 2.40. The Balaban J connectivity index is 2.27. The molecule has 1 saturated heterocycles. The van der Waals surface area contributed by atoms with Crippen LogP contribution in [0.5, 0.6) is 0 Å². The Hall–Kier alpha value is -0.340. The van der Waals surface area contributed by atoms with Crippen molar-refractivity contribution in [3.05, 3.63) is 12.2 Å². The number of likely N-dealkylation sites (tertiary alicyclic amines) is 1. The van der Waals surface area contributed by atoms with Gasteiger partial charge >= 0.3 is 0 Å². The molecule has 0 radical (unpaired) electrons. The molecular formula is C13H26N2. The highest BCUT2D eigenvalue weighted by molar-refractivity contribution is 4.97. The summed E-state index contributed by atoms with van der Waals surface area (Å²) in [6.45, 7) is 8.95. The van der Waals surface area contributed by atoms with Gasteiger partial charge in [-0.3, -0.25) is 4.90 Å². The fourth-order valence-corrected chi connectivity index (χ4v) is 2.85. The number of nitrogens with two attached hydrogens (primary N) is 1. The first-order valence-corrected chi connectivity index (χ1v) is 6.34. The van der Waals surface area contributed by atoms with E-state index in [4.69, 9.17) is 5.73 Å². The van der Waals surface area contributed by atoms with Crippen molar-refractivity contribution >= 4 is 0 Å². The first kappa shape index (κ1) is 12.7. The van der Waals surface area contributed by atoms with Gasteiger partial charge in [0.25, 0.3) is 0 Å². The van der Waals surface area contributed by atoms with Gasteiger partial charge < -0.3 is 5.73 Å². The van der Waals surface area contributed by atoms with Gasteiger partial charge in [-0.25, -0.2) is 0 Å². The summed E-state index contributed by atoms with van der Waals surface area (Å²) in [5.41, 5.74) is 6.07. The Labute approximate surface area is 94.5 Å². The highest BCUT2D eigenvalue weighted by Gasteiger charge is 2.40. The van der Waals surface area contributed by atoms with Gasteiger partial charge in [0.1, 0.15) is 0 Å². The quantitative estimate of drug-likeness (QED) is 0.654. The van der Waals surface area contributed by atoms with Crippen molar-refractivity contribution in [1.29, 1.82) is 0 Å². The topological polar surface area (TPSA) is 29.3 Å². The predicted molar refractivity (Wildman–Crippen MR) is 66.9 cm³/mol. The zero-order valence-corrected chi connectivity index (χ0v) is 10.3.